The highest BCUT2D eigenvalue weighted by Crippen LogP contribution is 2.14. The Kier molecular flexibility index (Phi) is 6.07. The van der Waals surface area contributed by atoms with E-state index < -0.39 is 0 Å². The summed E-state index contributed by atoms with van der Waals surface area (Å²) in [6.45, 7) is 4.34. The van der Waals surface area contributed by atoms with E-state index in [1.807, 2.05) is 50.2 Å². The predicted molar refractivity (Wildman–Crippen MR) is 123 cm³/mol. The van der Waals surface area contributed by atoms with Crippen molar-refractivity contribution in [3.63, 3.8) is 0 Å². The van der Waals surface area contributed by atoms with E-state index in [-0.39, 0.29) is 11.8 Å². The summed E-state index contributed by atoms with van der Waals surface area (Å²) >= 11 is 0. The Morgan fingerprint density at radius 2 is 1.75 bits per heavy atom. The van der Waals surface area contributed by atoms with Crippen LogP contribution in [0.5, 0.6) is 0 Å². The van der Waals surface area contributed by atoms with Gasteiger partial charge in [-0.25, -0.2) is 4.68 Å². The van der Waals surface area contributed by atoms with Gasteiger partial charge in [0.25, 0.3) is 11.8 Å². The maximum absolute atomic E-state index is 12.6. The van der Waals surface area contributed by atoms with Gasteiger partial charge >= 0.3 is 0 Å². The molecule has 2 heterocycles. The van der Waals surface area contributed by atoms with Crippen molar-refractivity contribution in [3.8, 4) is 5.69 Å². The van der Waals surface area contributed by atoms with Crippen molar-refractivity contribution in [2.45, 2.75) is 20.4 Å². The molecular formula is C25H23N5O2. The van der Waals surface area contributed by atoms with Gasteiger partial charge in [0.1, 0.15) is 0 Å². The summed E-state index contributed by atoms with van der Waals surface area (Å²) in [4.78, 5) is 29.3. The van der Waals surface area contributed by atoms with Gasteiger partial charge < -0.3 is 10.6 Å². The first-order chi connectivity index (χ1) is 15.5. The molecule has 0 aliphatic heterocycles. The zero-order valence-electron chi connectivity index (χ0n) is 17.9. The largest absolute Gasteiger partial charge is 0.348 e. The molecule has 0 saturated carbocycles. The average molecular weight is 425 g/mol. The molecule has 160 valence electrons. The summed E-state index contributed by atoms with van der Waals surface area (Å²) in [6.07, 6.45) is 4.77. The van der Waals surface area contributed by atoms with Crippen LogP contribution in [-0.4, -0.2) is 26.6 Å². The molecule has 7 nitrogen and oxygen atoms in total. The average Bonchev–Trinajstić information content (AvgIpc) is 3.30. The Hall–Kier alpha value is -4.26. The van der Waals surface area contributed by atoms with Gasteiger partial charge in [-0.15, -0.1) is 0 Å². The monoisotopic (exact) mass is 425 g/mol. The van der Waals surface area contributed by atoms with E-state index in [1.165, 1.54) is 6.20 Å². The molecule has 0 atom stereocenters. The number of carbonyl (C=O) groups excluding carboxylic acids is 2. The molecule has 4 rings (SSSR count). The predicted octanol–water partition coefficient (Wildman–Crippen LogP) is 4.07. The van der Waals surface area contributed by atoms with Crippen LogP contribution >= 0.6 is 0 Å². The second-order valence-corrected chi connectivity index (χ2v) is 7.54. The molecule has 2 amide bonds. The van der Waals surface area contributed by atoms with E-state index in [2.05, 4.69) is 20.7 Å². The zero-order chi connectivity index (χ0) is 22.5. The Morgan fingerprint density at radius 1 is 0.906 bits per heavy atom. The Labute approximate surface area is 186 Å². The van der Waals surface area contributed by atoms with Crippen LogP contribution in [0, 0.1) is 13.8 Å². The number of nitrogens with zero attached hydrogens (tertiary/aromatic N) is 3. The Bertz CT molecular complexity index is 1260. The third-order valence-electron chi connectivity index (χ3n) is 4.92. The van der Waals surface area contributed by atoms with Crippen LogP contribution in [-0.2, 0) is 6.54 Å². The van der Waals surface area contributed by atoms with Crippen molar-refractivity contribution in [3.05, 3.63) is 107 Å². The van der Waals surface area contributed by atoms with Gasteiger partial charge in [0.15, 0.2) is 0 Å². The molecule has 4 aromatic rings. The first kappa shape index (κ1) is 21.0. The van der Waals surface area contributed by atoms with Gasteiger partial charge in [-0.2, -0.15) is 5.10 Å². The fraction of sp³-hybridized carbons (Fsp3) is 0.120. The highest BCUT2D eigenvalue weighted by molar-refractivity contribution is 6.04. The molecule has 2 aromatic carbocycles. The fourth-order valence-corrected chi connectivity index (χ4v) is 3.22. The number of carbonyl (C=O) groups is 2. The minimum atomic E-state index is -0.249. The van der Waals surface area contributed by atoms with E-state index in [4.69, 9.17) is 0 Å². The lowest BCUT2D eigenvalue weighted by atomic mass is 10.1. The number of nitrogens with one attached hydrogen (secondary N) is 2. The number of aryl methyl sites for hydroxylation is 2. The SMILES string of the molecule is Cc1cccc(CNC(=O)c2cnn(-c3cccc(C(=O)Nc4ccc(C)nc4)c3)c2)c1. The molecule has 0 bridgehead atoms. The third kappa shape index (κ3) is 5.07. The quantitative estimate of drug-likeness (QED) is 0.487. The normalized spacial score (nSPS) is 10.6. The summed E-state index contributed by atoms with van der Waals surface area (Å²) in [5.41, 5.74) is 5.28. The van der Waals surface area contributed by atoms with Crippen LogP contribution in [0.1, 0.15) is 37.5 Å². The van der Waals surface area contributed by atoms with E-state index in [1.54, 1.807) is 41.3 Å². The number of hydrogen-bond acceptors (Lipinski definition) is 4. The number of rotatable bonds is 6. The fourth-order valence-electron chi connectivity index (χ4n) is 3.22. The van der Waals surface area contributed by atoms with E-state index in [9.17, 15) is 9.59 Å². The van der Waals surface area contributed by atoms with Gasteiger partial charge in [0, 0.05) is 24.0 Å². The molecule has 2 N–H and O–H groups in total. The maximum atomic E-state index is 12.6. The van der Waals surface area contributed by atoms with Crippen LogP contribution in [0.25, 0.3) is 5.69 Å². The molecule has 0 aliphatic rings. The lowest BCUT2D eigenvalue weighted by Crippen LogP contribution is -2.22. The van der Waals surface area contributed by atoms with Crippen LogP contribution in [0.2, 0.25) is 0 Å². The molecule has 0 unspecified atom stereocenters. The van der Waals surface area contributed by atoms with Gasteiger partial charge in [0.05, 0.1) is 29.3 Å². The van der Waals surface area contributed by atoms with Gasteiger partial charge in [0.2, 0.25) is 0 Å². The highest BCUT2D eigenvalue weighted by atomic mass is 16.2. The number of benzene rings is 2. The van der Waals surface area contributed by atoms with Crippen LogP contribution in [0.4, 0.5) is 5.69 Å². The van der Waals surface area contributed by atoms with Gasteiger partial charge in [-0.05, 0) is 49.7 Å². The third-order valence-corrected chi connectivity index (χ3v) is 4.92. The summed E-state index contributed by atoms with van der Waals surface area (Å²) < 4.78 is 1.58. The standard InChI is InChI=1S/C25H23N5O2/c1-17-5-3-6-19(11-17)13-27-24(31)21-14-28-30(16-21)23-8-4-7-20(12-23)25(32)29-22-10-9-18(2)26-15-22/h3-12,14-16H,13H2,1-2H3,(H,27,31)(H,29,32). The van der Waals surface area contributed by atoms with Crippen molar-refractivity contribution in [1.29, 1.82) is 0 Å². The van der Waals surface area contributed by atoms with Crippen molar-refractivity contribution in [2.75, 3.05) is 5.32 Å². The first-order valence-corrected chi connectivity index (χ1v) is 10.2. The molecule has 0 saturated heterocycles. The van der Waals surface area contributed by atoms with Gasteiger partial charge in [-0.1, -0.05) is 35.9 Å². The molecule has 32 heavy (non-hydrogen) atoms. The minimum absolute atomic E-state index is 0.210. The molecule has 7 heteroatoms. The Balaban J connectivity index is 1.43. The second kappa shape index (κ2) is 9.26. The van der Waals surface area contributed by atoms with Crippen molar-refractivity contribution >= 4 is 17.5 Å². The topological polar surface area (TPSA) is 88.9 Å². The molecular weight excluding hydrogens is 402 g/mol. The number of amides is 2. The number of anilines is 1. The number of hydrogen-bond donors (Lipinski definition) is 2. The van der Waals surface area contributed by atoms with E-state index >= 15 is 0 Å². The molecule has 0 spiro atoms. The maximum Gasteiger partial charge on any atom is 0.255 e. The van der Waals surface area contributed by atoms with Gasteiger partial charge in [-0.3, -0.25) is 14.6 Å². The van der Waals surface area contributed by atoms with Crippen molar-refractivity contribution in [1.82, 2.24) is 20.1 Å². The van der Waals surface area contributed by atoms with E-state index in [0.29, 0.717) is 29.0 Å². The minimum Gasteiger partial charge on any atom is -0.348 e. The van der Waals surface area contributed by atoms with Crippen LogP contribution in [0.3, 0.4) is 0 Å². The summed E-state index contributed by atoms with van der Waals surface area (Å²) in [5, 5.41) is 10.0. The Morgan fingerprint density at radius 3 is 2.53 bits per heavy atom. The molecule has 0 radical (unpaired) electrons. The first-order valence-electron chi connectivity index (χ1n) is 10.2. The second-order valence-electron chi connectivity index (χ2n) is 7.54. The van der Waals surface area contributed by atoms with Crippen LogP contribution < -0.4 is 10.6 Å². The summed E-state index contributed by atoms with van der Waals surface area (Å²) in [7, 11) is 0. The van der Waals surface area contributed by atoms with E-state index in [0.717, 1.165) is 16.8 Å². The lowest BCUT2D eigenvalue weighted by molar-refractivity contribution is 0.0950. The highest BCUT2D eigenvalue weighted by Gasteiger charge is 2.12. The smallest absolute Gasteiger partial charge is 0.255 e. The molecule has 2 aromatic heterocycles. The summed E-state index contributed by atoms with van der Waals surface area (Å²) in [5.74, 6) is -0.459. The van der Waals surface area contributed by atoms with Crippen molar-refractivity contribution < 1.29 is 9.59 Å². The zero-order valence-corrected chi connectivity index (χ0v) is 17.9. The lowest BCUT2D eigenvalue weighted by Gasteiger charge is -2.07. The van der Waals surface area contributed by atoms with Crippen molar-refractivity contribution in [2.24, 2.45) is 0 Å². The summed E-state index contributed by atoms with van der Waals surface area (Å²) in [6, 6.07) is 18.7. The molecule has 0 aliphatic carbocycles. The van der Waals surface area contributed by atoms with Crippen LogP contribution in [0.15, 0.2) is 79.3 Å². The number of aromatic nitrogens is 3. The number of pyridine rings is 1. The molecule has 0 fully saturated rings.